The van der Waals surface area contributed by atoms with Gasteiger partial charge in [0.2, 0.25) is 0 Å². The Morgan fingerprint density at radius 2 is 1.91 bits per heavy atom. The Balaban J connectivity index is 1.81. The van der Waals surface area contributed by atoms with Crippen LogP contribution in [-0.4, -0.2) is 37.1 Å². The van der Waals surface area contributed by atoms with E-state index in [4.69, 9.17) is 0 Å². The van der Waals surface area contributed by atoms with Gasteiger partial charge in [0.25, 0.3) is 0 Å². The van der Waals surface area contributed by atoms with E-state index in [1.807, 2.05) is 18.8 Å². The fraction of sp³-hybridized carbons (Fsp3) is 0.611. The molecule has 0 heterocycles. The van der Waals surface area contributed by atoms with Crippen molar-refractivity contribution in [2.24, 2.45) is 10.4 Å². The van der Waals surface area contributed by atoms with Crippen molar-refractivity contribution in [3.8, 4) is 0 Å². The third-order valence-electron chi connectivity index (χ3n) is 4.47. The highest BCUT2D eigenvalue weighted by atomic mass is 32.2. The van der Waals surface area contributed by atoms with Crippen LogP contribution in [0.25, 0.3) is 0 Å². The Morgan fingerprint density at radius 1 is 1.23 bits per heavy atom. The molecule has 0 atom stereocenters. The number of guanidine groups is 1. The summed E-state index contributed by atoms with van der Waals surface area (Å²) in [4.78, 5) is 4.35. The lowest BCUT2D eigenvalue weighted by Crippen LogP contribution is -2.45. The first-order chi connectivity index (χ1) is 10.5. The minimum Gasteiger partial charge on any atom is -0.356 e. The predicted octanol–water partition coefficient (Wildman–Crippen LogP) is 3.32. The van der Waals surface area contributed by atoms with Gasteiger partial charge in [-0.3, -0.25) is 4.99 Å². The van der Waals surface area contributed by atoms with Crippen LogP contribution in [-0.2, 0) is 6.42 Å². The molecule has 0 aliphatic heterocycles. The minimum absolute atomic E-state index is 0.221. The third-order valence-corrected chi connectivity index (χ3v) is 5.72. The topological polar surface area (TPSA) is 36.4 Å². The molecule has 2 N–H and O–H groups in total. The summed E-state index contributed by atoms with van der Waals surface area (Å²) in [6.07, 6.45) is 5.93. The highest BCUT2D eigenvalue weighted by Gasteiger charge is 2.42. The molecule has 3 nitrogen and oxygen atoms in total. The zero-order valence-corrected chi connectivity index (χ0v) is 15.1. The maximum absolute atomic E-state index is 4.35. The van der Waals surface area contributed by atoms with Gasteiger partial charge in [0, 0.05) is 24.9 Å². The Hall–Kier alpha value is -1.16. The van der Waals surface area contributed by atoms with Crippen molar-refractivity contribution >= 4 is 17.7 Å². The lowest BCUT2D eigenvalue weighted by Gasteiger charge is -2.25. The first-order valence-electron chi connectivity index (χ1n) is 8.02. The van der Waals surface area contributed by atoms with Gasteiger partial charge in [-0.1, -0.05) is 30.3 Å². The van der Waals surface area contributed by atoms with Gasteiger partial charge < -0.3 is 10.6 Å². The van der Waals surface area contributed by atoms with Crippen LogP contribution >= 0.6 is 11.8 Å². The van der Waals surface area contributed by atoms with Crippen molar-refractivity contribution in [1.29, 1.82) is 0 Å². The number of thioether (sulfide) groups is 1. The summed E-state index contributed by atoms with van der Waals surface area (Å²) in [6.45, 7) is 6.41. The smallest absolute Gasteiger partial charge is 0.191 e. The molecule has 1 aromatic carbocycles. The lowest BCUT2D eigenvalue weighted by molar-refractivity contribution is 0.491. The number of nitrogens with one attached hydrogen (secondary N) is 2. The van der Waals surface area contributed by atoms with Crippen LogP contribution < -0.4 is 10.6 Å². The molecule has 0 spiro atoms. The monoisotopic (exact) mass is 319 g/mol. The van der Waals surface area contributed by atoms with E-state index >= 15 is 0 Å². The second kappa shape index (κ2) is 7.40. The second-order valence-corrected chi connectivity index (χ2v) is 8.42. The average Bonchev–Trinajstić information content (AvgIpc) is 3.28. The van der Waals surface area contributed by atoms with Crippen LogP contribution in [0.5, 0.6) is 0 Å². The maximum Gasteiger partial charge on any atom is 0.191 e. The van der Waals surface area contributed by atoms with E-state index in [0.29, 0.717) is 5.41 Å². The summed E-state index contributed by atoms with van der Waals surface area (Å²) in [5.74, 6) is 0.918. The van der Waals surface area contributed by atoms with Gasteiger partial charge in [-0.2, -0.15) is 11.8 Å². The van der Waals surface area contributed by atoms with Gasteiger partial charge in [0.05, 0.1) is 0 Å². The van der Waals surface area contributed by atoms with E-state index < -0.39 is 0 Å². The van der Waals surface area contributed by atoms with Gasteiger partial charge in [-0.15, -0.1) is 0 Å². The molecule has 0 bridgehead atoms. The zero-order chi connectivity index (χ0) is 16.1. The molecule has 1 aliphatic carbocycles. The summed E-state index contributed by atoms with van der Waals surface area (Å²) < 4.78 is 0.221. The average molecular weight is 320 g/mol. The predicted molar refractivity (Wildman–Crippen MR) is 98.8 cm³/mol. The molecule has 122 valence electrons. The van der Waals surface area contributed by atoms with Gasteiger partial charge in [-0.25, -0.2) is 0 Å². The van der Waals surface area contributed by atoms with E-state index in [1.54, 1.807) is 0 Å². The number of benzene rings is 1. The number of hydrogen-bond donors (Lipinski definition) is 2. The molecule has 1 aromatic rings. The Labute approximate surface area is 139 Å². The normalized spacial score (nSPS) is 17.2. The van der Waals surface area contributed by atoms with Crippen LogP contribution in [0.4, 0.5) is 0 Å². The number of aliphatic imine (C=N–C) groups is 1. The number of hydrogen-bond acceptors (Lipinski definition) is 2. The van der Waals surface area contributed by atoms with Gasteiger partial charge >= 0.3 is 0 Å². The molecule has 0 aromatic heterocycles. The molecule has 4 heteroatoms. The number of rotatable bonds is 7. The van der Waals surface area contributed by atoms with E-state index in [9.17, 15) is 0 Å². The van der Waals surface area contributed by atoms with Crippen molar-refractivity contribution < 1.29 is 0 Å². The van der Waals surface area contributed by atoms with Crippen molar-refractivity contribution in [2.45, 2.75) is 37.9 Å². The van der Waals surface area contributed by atoms with E-state index in [0.717, 1.165) is 25.5 Å². The fourth-order valence-corrected chi connectivity index (χ4v) is 2.70. The summed E-state index contributed by atoms with van der Waals surface area (Å²) in [5.41, 5.74) is 1.86. The Kier molecular flexibility index (Phi) is 5.79. The van der Waals surface area contributed by atoms with Crippen molar-refractivity contribution in [3.63, 3.8) is 0 Å². The van der Waals surface area contributed by atoms with E-state index in [2.05, 4.69) is 66.1 Å². The van der Waals surface area contributed by atoms with Gasteiger partial charge in [0.1, 0.15) is 0 Å². The van der Waals surface area contributed by atoms with E-state index in [1.165, 1.54) is 18.4 Å². The molecule has 1 saturated carbocycles. The maximum atomic E-state index is 4.35. The lowest BCUT2D eigenvalue weighted by atomic mass is 9.96. The summed E-state index contributed by atoms with van der Waals surface area (Å²) in [5, 5.41) is 6.96. The van der Waals surface area contributed by atoms with Crippen LogP contribution in [0.3, 0.4) is 0 Å². The SMILES string of the molecule is CN=C(NCC1(Cc2ccccc2)CC1)NCC(C)(C)SC. The van der Waals surface area contributed by atoms with Crippen LogP contribution in [0.15, 0.2) is 35.3 Å². The largest absolute Gasteiger partial charge is 0.356 e. The third kappa shape index (κ3) is 5.24. The molecule has 0 amide bonds. The van der Waals surface area contributed by atoms with Crippen molar-refractivity contribution in [2.75, 3.05) is 26.4 Å². The zero-order valence-electron chi connectivity index (χ0n) is 14.3. The molecule has 0 saturated heterocycles. The van der Waals surface area contributed by atoms with Gasteiger partial charge in [0.15, 0.2) is 5.96 Å². The summed E-state index contributed by atoms with van der Waals surface area (Å²) >= 11 is 1.87. The highest BCUT2D eigenvalue weighted by Crippen LogP contribution is 2.47. The molecular formula is C18H29N3S. The van der Waals surface area contributed by atoms with Crippen molar-refractivity contribution in [3.05, 3.63) is 35.9 Å². The minimum atomic E-state index is 0.221. The molecule has 1 aliphatic rings. The second-order valence-electron chi connectivity index (χ2n) is 6.91. The highest BCUT2D eigenvalue weighted by molar-refractivity contribution is 7.99. The standard InChI is InChI=1S/C18H29N3S/c1-17(2,22-4)13-20-16(19-3)21-14-18(10-11-18)12-15-8-6-5-7-9-15/h5-9H,10-14H2,1-4H3,(H2,19,20,21). The number of nitrogens with zero attached hydrogens (tertiary/aromatic N) is 1. The fourth-order valence-electron chi connectivity index (χ4n) is 2.48. The van der Waals surface area contributed by atoms with Crippen LogP contribution in [0.1, 0.15) is 32.3 Å². The molecule has 22 heavy (non-hydrogen) atoms. The van der Waals surface area contributed by atoms with E-state index in [-0.39, 0.29) is 4.75 Å². The first kappa shape index (κ1) is 17.2. The first-order valence-corrected chi connectivity index (χ1v) is 9.25. The molecule has 0 radical (unpaired) electrons. The molecular weight excluding hydrogens is 290 g/mol. The van der Waals surface area contributed by atoms with Gasteiger partial charge in [-0.05, 0) is 50.3 Å². The van der Waals surface area contributed by atoms with Crippen LogP contribution in [0, 0.1) is 5.41 Å². The summed E-state index contributed by atoms with van der Waals surface area (Å²) in [6, 6.07) is 10.8. The molecule has 2 rings (SSSR count). The molecule has 0 unspecified atom stereocenters. The quantitative estimate of drug-likeness (QED) is 0.598. The Morgan fingerprint density at radius 3 is 2.45 bits per heavy atom. The molecule has 1 fully saturated rings. The van der Waals surface area contributed by atoms with Crippen molar-refractivity contribution in [1.82, 2.24) is 10.6 Å². The summed E-state index contributed by atoms with van der Waals surface area (Å²) in [7, 11) is 1.85. The van der Waals surface area contributed by atoms with Crippen LogP contribution in [0.2, 0.25) is 0 Å². The Bertz CT molecular complexity index is 492.